The maximum Gasteiger partial charge on any atom is 0.258 e. The third kappa shape index (κ3) is 3.60. The Morgan fingerprint density at radius 2 is 1.75 bits per heavy atom. The number of rotatable bonds is 7. The van der Waals surface area contributed by atoms with Crippen LogP contribution < -0.4 is 10.2 Å². The summed E-state index contributed by atoms with van der Waals surface area (Å²) < 4.78 is 12.9. The Balaban J connectivity index is 1.27. The zero-order valence-electron chi connectivity index (χ0n) is 15.5. The van der Waals surface area contributed by atoms with Gasteiger partial charge in [0.15, 0.2) is 0 Å². The fourth-order valence-electron chi connectivity index (χ4n) is 3.68. The molecule has 0 unspecified atom stereocenters. The van der Waals surface area contributed by atoms with Crippen molar-refractivity contribution >= 4 is 28.3 Å². The molecule has 1 heterocycles. The molecule has 5 heteroatoms. The van der Waals surface area contributed by atoms with Gasteiger partial charge in [0.05, 0.1) is 5.69 Å². The molecule has 0 saturated heterocycles. The van der Waals surface area contributed by atoms with E-state index in [2.05, 4.69) is 5.32 Å². The normalized spacial score (nSPS) is 12.6. The minimum atomic E-state index is -0.262. The molecule has 142 valence electrons. The molecule has 1 aliphatic rings. The second kappa shape index (κ2) is 7.80. The second-order valence-corrected chi connectivity index (χ2v) is 6.97. The van der Waals surface area contributed by atoms with Crippen LogP contribution in [0.2, 0.25) is 0 Å². The Bertz CT molecular complexity index is 1030. The average molecular weight is 376 g/mol. The van der Waals surface area contributed by atoms with Crippen LogP contribution in [-0.4, -0.2) is 24.9 Å². The van der Waals surface area contributed by atoms with Gasteiger partial charge in [-0.25, -0.2) is 4.39 Å². The first-order chi connectivity index (χ1) is 13.6. The van der Waals surface area contributed by atoms with E-state index in [1.54, 1.807) is 17.0 Å². The maximum absolute atomic E-state index is 12.9. The highest BCUT2D eigenvalue weighted by atomic mass is 19.1. The predicted octanol–water partition coefficient (Wildman–Crippen LogP) is 4.08. The molecule has 4 nitrogen and oxygen atoms in total. The van der Waals surface area contributed by atoms with E-state index in [-0.39, 0.29) is 17.6 Å². The van der Waals surface area contributed by atoms with Gasteiger partial charge in [0.2, 0.25) is 5.91 Å². The van der Waals surface area contributed by atoms with Crippen molar-refractivity contribution in [2.24, 2.45) is 0 Å². The van der Waals surface area contributed by atoms with Crippen LogP contribution >= 0.6 is 0 Å². The lowest BCUT2D eigenvalue weighted by molar-refractivity contribution is -0.121. The summed E-state index contributed by atoms with van der Waals surface area (Å²) in [5, 5.41) is 4.94. The fourth-order valence-corrected chi connectivity index (χ4v) is 3.68. The van der Waals surface area contributed by atoms with Crippen molar-refractivity contribution in [2.45, 2.75) is 19.3 Å². The summed E-state index contributed by atoms with van der Waals surface area (Å²) in [6.45, 7) is 1.02. The molecule has 0 spiro atoms. The van der Waals surface area contributed by atoms with Crippen molar-refractivity contribution in [3.05, 3.63) is 77.6 Å². The van der Waals surface area contributed by atoms with E-state index < -0.39 is 0 Å². The Morgan fingerprint density at radius 3 is 2.54 bits per heavy atom. The number of carbonyl (C=O) groups excluding carboxylic acids is 2. The number of anilines is 1. The minimum Gasteiger partial charge on any atom is -0.356 e. The number of hydrogen-bond donors (Lipinski definition) is 1. The average Bonchev–Trinajstić information content (AvgIpc) is 2.98. The van der Waals surface area contributed by atoms with E-state index in [0.717, 1.165) is 27.6 Å². The van der Waals surface area contributed by atoms with Gasteiger partial charge in [-0.3, -0.25) is 9.59 Å². The van der Waals surface area contributed by atoms with Crippen LogP contribution in [0.15, 0.2) is 60.7 Å². The summed E-state index contributed by atoms with van der Waals surface area (Å²) in [7, 11) is 0. The number of hydrogen-bond acceptors (Lipinski definition) is 2. The summed E-state index contributed by atoms with van der Waals surface area (Å²) >= 11 is 0. The number of halogens is 1. The molecule has 0 aliphatic carbocycles. The van der Waals surface area contributed by atoms with Gasteiger partial charge in [-0.2, -0.15) is 0 Å². The van der Waals surface area contributed by atoms with E-state index in [9.17, 15) is 14.0 Å². The van der Waals surface area contributed by atoms with Gasteiger partial charge in [0.1, 0.15) is 5.82 Å². The van der Waals surface area contributed by atoms with E-state index in [1.807, 2.05) is 36.4 Å². The van der Waals surface area contributed by atoms with Gasteiger partial charge in [-0.1, -0.05) is 36.4 Å². The Morgan fingerprint density at radius 1 is 1.00 bits per heavy atom. The minimum absolute atomic E-state index is 0.00326. The molecular formula is C23H21FN2O2. The number of carbonyl (C=O) groups is 2. The van der Waals surface area contributed by atoms with E-state index in [0.29, 0.717) is 32.4 Å². The molecule has 1 aliphatic heterocycles. The number of nitrogens with one attached hydrogen (secondary N) is 1. The summed E-state index contributed by atoms with van der Waals surface area (Å²) in [5.74, 6) is -0.296. The lowest BCUT2D eigenvalue weighted by Gasteiger charge is -2.17. The molecule has 2 amide bonds. The quantitative estimate of drug-likeness (QED) is 0.676. The summed E-state index contributed by atoms with van der Waals surface area (Å²) in [6, 6.07) is 18.0. The highest BCUT2D eigenvalue weighted by molar-refractivity contribution is 6.25. The van der Waals surface area contributed by atoms with Crippen LogP contribution in [0, 0.1) is 5.82 Å². The predicted molar refractivity (Wildman–Crippen MR) is 108 cm³/mol. The molecule has 0 bridgehead atoms. The number of amides is 2. The van der Waals surface area contributed by atoms with Gasteiger partial charge in [-0.15, -0.1) is 0 Å². The first kappa shape index (κ1) is 18.2. The Kier molecular flexibility index (Phi) is 5.06. The Labute approximate surface area is 163 Å². The first-order valence-electron chi connectivity index (χ1n) is 9.48. The maximum atomic E-state index is 12.9. The summed E-state index contributed by atoms with van der Waals surface area (Å²) in [5.41, 5.74) is 2.64. The third-order valence-corrected chi connectivity index (χ3v) is 5.08. The van der Waals surface area contributed by atoms with E-state index in [1.165, 1.54) is 12.1 Å². The smallest absolute Gasteiger partial charge is 0.258 e. The zero-order valence-corrected chi connectivity index (χ0v) is 15.5. The van der Waals surface area contributed by atoms with Crippen molar-refractivity contribution in [1.82, 2.24) is 5.32 Å². The second-order valence-electron chi connectivity index (χ2n) is 6.97. The van der Waals surface area contributed by atoms with Gasteiger partial charge in [-0.05, 0) is 48.1 Å². The molecule has 0 saturated carbocycles. The first-order valence-corrected chi connectivity index (χ1v) is 9.48. The molecule has 0 atom stereocenters. The molecule has 0 fully saturated rings. The van der Waals surface area contributed by atoms with Crippen molar-refractivity contribution < 1.29 is 14.0 Å². The molecule has 1 N–H and O–H groups in total. The lowest BCUT2D eigenvalue weighted by atomic mass is 10.1. The molecule has 3 aromatic carbocycles. The van der Waals surface area contributed by atoms with Crippen LogP contribution in [0.4, 0.5) is 10.1 Å². The van der Waals surface area contributed by atoms with Gasteiger partial charge >= 0.3 is 0 Å². The molecule has 3 aromatic rings. The number of benzene rings is 3. The standard InChI is InChI=1S/C23H21FN2O2/c24-18-11-9-16(10-12-18)13-14-25-21(27)8-3-15-26-20-7-2-5-17-4-1-6-19(22(17)20)23(26)28/h1-2,4-7,9-12H,3,8,13-15H2,(H,25,27). The van der Waals surface area contributed by atoms with Crippen LogP contribution in [-0.2, 0) is 11.2 Å². The Hall–Kier alpha value is -3.21. The van der Waals surface area contributed by atoms with Gasteiger partial charge < -0.3 is 10.2 Å². The molecular weight excluding hydrogens is 355 g/mol. The fraction of sp³-hybridized carbons (Fsp3) is 0.217. The zero-order chi connectivity index (χ0) is 19.5. The van der Waals surface area contributed by atoms with Crippen LogP contribution in [0.1, 0.15) is 28.8 Å². The highest BCUT2D eigenvalue weighted by Crippen LogP contribution is 2.37. The SMILES string of the molecule is O=C(CCCN1C(=O)c2cccc3cccc1c23)NCCc1ccc(F)cc1. The van der Waals surface area contributed by atoms with E-state index in [4.69, 9.17) is 0 Å². The van der Waals surface area contributed by atoms with Crippen LogP contribution in [0.3, 0.4) is 0 Å². The highest BCUT2D eigenvalue weighted by Gasteiger charge is 2.28. The van der Waals surface area contributed by atoms with E-state index >= 15 is 0 Å². The summed E-state index contributed by atoms with van der Waals surface area (Å²) in [4.78, 5) is 26.5. The van der Waals surface area contributed by atoms with Crippen molar-refractivity contribution in [1.29, 1.82) is 0 Å². The van der Waals surface area contributed by atoms with Crippen molar-refractivity contribution in [2.75, 3.05) is 18.0 Å². The van der Waals surface area contributed by atoms with Gasteiger partial charge in [0.25, 0.3) is 5.91 Å². The molecule has 28 heavy (non-hydrogen) atoms. The monoisotopic (exact) mass is 376 g/mol. The summed E-state index contributed by atoms with van der Waals surface area (Å²) in [6.07, 6.45) is 1.62. The number of nitrogens with zero attached hydrogens (tertiary/aromatic N) is 1. The molecule has 0 aromatic heterocycles. The topological polar surface area (TPSA) is 49.4 Å². The van der Waals surface area contributed by atoms with Crippen LogP contribution in [0.5, 0.6) is 0 Å². The van der Waals surface area contributed by atoms with Crippen LogP contribution in [0.25, 0.3) is 10.8 Å². The molecule has 0 radical (unpaired) electrons. The molecule has 4 rings (SSSR count). The van der Waals surface area contributed by atoms with Gasteiger partial charge in [0, 0.05) is 30.5 Å². The van der Waals surface area contributed by atoms with Crippen molar-refractivity contribution in [3.63, 3.8) is 0 Å². The third-order valence-electron chi connectivity index (χ3n) is 5.08. The largest absolute Gasteiger partial charge is 0.356 e. The lowest BCUT2D eigenvalue weighted by Crippen LogP contribution is -2.30. The van der Waals surface area contributed by atoms with Crippen molar-refractivity contribution in [3.8, 4) is 0 Å².